The number of hydrogen-bond acceptors (Lipinski definition) is 4. The van der Waals surface area contributed by atoms with E-state index in [1.54, 1.807) is 14.2 Å². The van der Waals surface area contributed by atoms with Crippen LogP contribution >= 0.6 is 11.6 Å². The van der Waals surface area contributed by atoms with Gasteiger partial charge in [0, 0.05) is 13.1 Å². The van der Waals surface area contributed by atoms with Gasteiger partial charge in [-0.1, -0.05) is 18.5 Å². The lowest BCUT2D eigenvalue weighted by Crippen LogP contribution is -2.26. The van der Waals surface area contributed by atoms with Gasteiger partial charge in [-0.3, -0.25) is 0 Å². The van der Waals surface area contributed by atoms with Crippen LogP contribution in [0.5, 0.6) is 11.5 Å². The molecule has 1 aromatic rings. The maximum atomic E-state index is 6.22. The van der Waals surface area contributed by atoms with Gasteiger partial charge in [0.25, 0.3) is 0 Å². The summed E-state index contributed by atoms with van der Waals surface area (Å²) in [6.07, 6.45) is 1.29. The minimum atomic E-state index is 0.590. The minimum Gasteiger partial charge on any atom is -0.493 e. The number of methoxy groups -OCH3 is 2. The van der Waals surface area contributed by atoms with Gasteiger partial charge < -0.3 is 19.7 Å². The van der Waals surface area contributed by atoms with Crippen LogP contribution in [0.15, 0.2) is 12.1 Å². The molecule has 0 aromatic heterocycles. The molecule has 5 heteroatoms. The van der Waals surface area contributed by atoms with Gasteiger partial charge in [0.15, 0.2) is 11.5 Å². The third kappa shape index (κ3) is 4.25. The molecule has 2 rings (SSSR count). The van der Waals surface area contributed by atoms with Gasteiger partial charge in [-0.15, -0.1) is 0 Å². The van der Waals surface area contributed by atoms with E-state index >= 15 is 0 Å². The van der Waals surface area contributed by atoms with Crippen molar-refractivity contribution in [2.24, 2.45) is 5.92 Å². The first kappa shape index (κ1) is 16.4. The van der Waals surface area contributed by atoms with Gasteiger partial charge >= 0.3 is 0 Å². The molecular formula is C16H25ClN2O2. The Morgan fingerprint density at radius 2 is 2.14 bits per heavy atom. The largest absolute Gasteiger partial charge is 0.493 e. The van der Waals surface area contributed by atoms with Crippen molar-refractivity contribution < 1.29 is 9.47 Å². The summed E-state index contributed by atoms with van der Waals surface area (Å²) in [5.41, 5.74) is 1.11. The van der Waals surface area contributed by atoms with Gasteiger partial charge in [0.2, 0.25) is 0 Å². The van der Waals surface area contributed by atoms with E-state index in [-0.39, 0.29) is 0 Å². The molecule has 0 unspecified atom stereocenters. The zero-order valence-corrected chi connectivity index (χ0v) is 13.9. The highest BCUT2D eigenvalue weighted by Crippen LogP contribution is 2.35. The number of nitrogens with zero attached hydrogens (tertiary/aromatic N) is 1. The van der Waals surface area contributed by atoms with Gasteiger partial charge in [0.05, 0.1) is 19.2 Å². The predicted molar refractivity (Wildman–Crippen MR) is 86.5 cm³/mol. The van der Waals surface area contributed by atoms with Crippen molar-refractivity contribution in [2.45, 2.75) is 19.9 Å². The fourth-order valence-electron chi connectivity index (χ4n) is 2.86. The molecule has 1 aromatic carbocycles. The SMILES string of the molecule is CCN1CC[C@@H](CNCc2cc(Cl)c(OC)c(OC)c2)C1. The molecule has 1 heterocycles. The van der Waals surface area contributed by atoms with Crippen molar-refractivity contribution in [3.05, 3.63) is 22.7 Å². The molecule has 118 valence electrons. The number of nitrogens with one attached hydrogen (secondary N) is 1. The van der Waals surface area contributed by atoms with Gasteiger partial charge in [-0.25, -0.2) is 0 Å². The molecule has 0 aliphatic carbocycles. The summed E-state index contributed by atoms with van der Waals surface area (Å²) in [5.74, 6) is 2.03. The highest BCUT2D eigenvalue weighted by molar-refractivity contribution is 6.32. The first-order chi connectivity index (χ1) is 10.2. The number of likely N-dealkylation sites (tertiary alicyclic amines) is 1. The molecule has 4 nitrogen and oxygen atoms in total. The normalized spacial score (nSPS) is 19.0. The van der Waals surface area contributed by atoms with E-state index in [4.69, 9.17) is 21.1 Å². The average Bonchev–Trinajstić information content (AvgIpc) is 2.94. The monoisotopic (exact) mass is 312 g/mol. The third-order valence-corrected chi connectivity index (χ3v) is 4.35. The molecule has 0 amide bonds. The summed E-state index contributed by atoms with van der Waals surface area (Å²) in [6, 6.07) is 3.91. The lowest BCUT2D eigenvalue weighted by atomic mass is 10.1. The van der Waals surface area contributed by atoms with E-state index in [2.05, 4.69) is 17.1 Å². The zero-order chi connectivity index (χ0) is 15.2. The Hall–Kier alpha value is -0.970. The molecule has 0 bridgehead atoms. The average molecular weight is 313 g/mol. The second kappa shape index (κ2) is 7.87. The molecular weight excluding hydrogens is 288 g/mol. The van der Waals surface area contributed by atoms with E-state index < -0.39 is 0 Å². The maximum Gasteiger partial charge on any atom is 0.179 e. The highest BCUT2D eigenvalue weighted by atomic mass is 35.5. The maximum absolute atomic E-state index is 6.22. The number of halogens is 1. The van der Waals surface area contributed by atoms with Crippen molar-refractivity contribution in [3.8, 4) is 11.5 Å². The Morgan fingerprint density at radius 3 is 2.76 bits per heavy atom. The van der Waals surface area contributed by atoms with Crippen LogP contribution in [0.4, 0.5) is 0 Å². The second-order valence-corrected chi connectivity index (χ2v) is 5.90. The Labute approximate surface area is 132 Å². The standard InChI is InChI=1S/C16H25ClN2O2/c1-4-19-6-5-12(11-19)9-18-10-13-7-14(17)16(21-3)15(8-13)20-2/h7-8,12,18H,4-6,9-11H2,1-3H3/t12-/m0/s1. The Kier molecular flexibility index (Phi) is 6.15. The molecule has 1 atom stereocenters. The number of hydrogen-bond donors (Lipinski definition) is 1. The zero-order valence-electron chi connectivity index (χ0n) is 13.1. The fraction of sp³-hybridized carbons (Fsp3) is 0.625. The van der Waals surface area contributed by atoms with Crippen LogP contribution in [-0.4, -0.2) is 45.3 Å². The van der Waals surface area contributed by atoms with Crippen LogP contribution in [-0.2, 0) is 6.54 Å². The van der Waals surface area contributed by atoms with Crippen LogP contribution in [0.2, 0.25) is 5.02 Å². The predicted octanol–water partition coefficient (Wildman–Crippen LogP) is 2.79. The number of benzene rings is 1. The van der Waals surface area contributed by atoms with Crippen LogP contribution < -0.4 is 14.8 Å². The molecule has 1 N–H and O–H groups in total. The van der Waals surface area contributed by atoms with E-state index in [1.165, 1.54) is 19.5 Å². The summed E-state index contributed by atoms with van der Waals surface area (Å²) in [4.78, 5) is 2.50. The topological polar surface area (TPSA) is 33.7 Å². The molecule has 1 aliphatic heterocycles. The van der Waals surface area contributed by atoms with E-state index in [0.717, 1.165) is 31.1 Å². The smallest absolute Gasteiger partial charge is 0.179 e. The number of ether oxygens (including phenoxy) is 2. The van der Waals surface area contributed by atoms with Crippen LogP contribution in [0, 0.1) is 5.92 Å². The second-order valence-electron chi connectivity index (χ2n) is 5.49. The molecule has 0 saturated carbocycles. The summed E-state index contributed by atoms with van der Waals surface area (Å²) in [6.45, 7) is 7.65. The lowest BCUT2D eigenvalue weighted by molar-refractivity contribution is 0.338. The summed E-state index contributed by atoms with van der Waals surface area (Å²) in [7, 11) is 3.23. The lowest BCUT2D eigenvalue weighted by Gasteiger charge is -2.15. The Morgan fingerprint density at radius 1 is 1.33 bits per heavy atom. The molecule has 1 saturated heterocycles. The van der Waals surface area contributed by atoms with Gasteiger partial charge in [0.1, 0.15) is 0 Å². The third-order valence-electron chi connectivity index (χ3n) is 4.07. The summed E-state index contributed by atoms with van der Waals surface area (Å²) in [5, 5.41) is 4.11. The highest BCUT2D eigenvalue weighted by Gasteiger charge is 2.20. The number of rotatable bonds is 7. The molecule has 1 fully saturated rings. The van der Waals surface area contributed by atoms with Crippen LogP contribution in [0.25, 0.3) is 0 Å². The van der Waals surface area contributed by atoms with E-state index in [1.807, 2.05) is 12.1 Å². The van der Waals surface area contributed by atoms with E-state index in [0.29, 0.717) is 16.5 Å². The minimum absolute atomic E-state index is 0.590. The summed E-state index contributed by atoms with van der Waals surface area (Å²) < 4.78 is 10.6. The van der Waals surface area contributed by atoms with E-state index in [9.17, 15) is 0 Å². The van der Waals surface area contributed by atoms with Crippen molar-refractivity contribution in [3.63, 3.8) is 0 Å². The van der Waals surface area contributed by atoms with Crippen LogP contribution in [0.1, 0.15) is 18.9 Å². The fourth-order valence-corrected chi connectivity index (χ4v) is 3.17. The quantitative estimate of drug-likeness (QED) is 0.839. The molecule has 0 radical (unpaired) electrons. The molecule has 0 spiro atoms. The Bertz CT molecular complexity index is 468. The van der Waals surface area contributed by atoms with Gasteiger partial charge in [-0.05, 0) is 49.7 Å². The van der Waals surface area contributed by atoms with Crippen molar-refractivity contribution in [1.82, 2.24) is 10.2 Å². The molecule has 1 aliphatic rings. The van der Waals surface area contributed by atoms with Gasteiger partial charge in [-0.2, -0.15) is 0 Å². The first-order valence-electron chi connectivity index (χ1n) is 7.51. The Balaban J connectivity index is 1.87. The summed E-state index contributed by atoms with van der Waals surface area (Å²) >= 11 is 6.22. The van der Waals surface area contributed by atoms with Crippen molar-refractivity contribution in [2.75, 3.05) is 40.4 Å². The first-order valence-corrected chi connectivity index (χ1v) is 7.89. The van der Waals surface area contributed by atoms with Crippen molar-refractivity contribution >= 4 is 11.6 Å². The van der Waals surface area contributed by atoms with Crippen LogP contribution in [0.3, 0.4) is 0 Å². The van der Waals surface area contributed by atoms with Crippen molar-refractivity contribution in [1.29, 1.82) is 0 Å². The molecule has 21 heavy (non-hydrogen) atoms.